The Kier molecular flexibility index (Phi) is 3.08. The predicted molar refractivity (Wildman–Crippen MR) is 52.4 cm³/mol. The molecule has 0 spiro atoms. The van der Waals surface area contributed by atoms with Crippen LogP contribution in [0.25, 0.3) is 0 Å². The minimum atomic E-state index is -1.26. The molecule has 0 aliphatic rings. The third-order valence-corrected chi connectivity index (χ3v) is 2.06. The third-order valence-electron chi connectivity index (χ3n) is 2.06. The zero-order valence-corrected chi connectivity index (χ0v) is 8.77. The lowest BCUT2D eigenvalue weighted by molar-refractivity contribution is 0.0685. The second kappa shape index (κ2) is 4.12. The van der Waals surface area contributed by atoms with Crippen molar-refractivity contribution in [2.24, 2.45) is 7.05 Å². The molecule has 1 heterocycles. The Labute approximate surface area is 86.1 Å². The lowest BCUT2D eigenvalue weighted by atomic mass is 10.3. The van der Waals surface area contributed by atoms with Gasteiger partial charge in [0.15, 0.2) is 5.69 Å². The molecule has 0 saturated heterocycles. The molecule has 0 aromatic carbocycles. The van der Waals surface area contributed by atoms with Crippen molar-refractivity contribution >= 4 is 5.97 Å². The molecule has 0 aliphatic carbocycles. The van der Waals surface area contributed by atoms with E-state index in [-0.39, 0.29) is 11.4 Å². The van der Waals surface area contributed by atoms with Crippen LogP contribution in [0.3, 0.4) is 0 Å². The van der Waals surface area contributed by atoms with E-state index in [0.717, 1.165) is 0 Å². The molecule has 1 aromatic rings. The summed E-state index contributed by atoms with van der Waals surface area (Å²) in [6.45, 7) is 1.79. The normalized spacial score (nSPS) is 10.1. The summed E-state index contributed by atoms with van der Waals surface area (Å²) in [6.07, 6.45) is 0.482. The van der Waals surface area contributed by atoms with Gasteiger partial charge in [-0.25, -0.2) is 9.78 Å². The molecule has 0 amide bonds. The van der Waals surface area contributed by atoms with Crippen LogP contribution in [0.5, 0.6) is 5.75 Å². The lowest BCUT2D eigenvalue weighted by Crippen LogP contribution is -2.26. The maximum Gasteiger partial charge on any atom is 0.358 e. The molecule has 0 fully saturated rings. The molecular formula is C9H12N2O4. The predicted octanol–water partition coefficient (Wildman–Crippen LogP) is 0.0495. The zero-order chi connectivity index (χ0) is 11.6. The van der Waals surface area contributed by atoms with Crippen LogP contribution in [0.4, 0.5) is 0 Å². The summed E-state index contributed by atoms with van der Waals surface area (Å²) >= 11 is 0. The van der Waals surface area contributed by atoms with Crippen molar-refractivity contribution in [1.82, 2.24) is 9.55 Å². The van der Waals surface area contributed by atoms with Gasteiger partial charge < -0.3 is 9.84 Å². The first kappa shape index (κ1) is 11.2. The molecule has 0 radical (unpaired) electrons. The first-order chi connectivity index (χ1) is 7.02. The van der Waals surface area contributed by atoms with E-state index in [4.69, 9.17) is 9.84 Å². The summed E-state index contributed by atoms with van der Waals surface area (Å²) in [7, 11) is 2.78. The zero-order valence-electron chi connectivity index (χ0n) is 8.77. The molecule has 6 heteroatoms. The van der Waals surface area contributed by atoms with Gasteiger partial charge >= 0.3 is 5.97 Å². The Bertz CT molecular complexity index is 450. The number of aromatic carboxylic acids is 1. The molecule has 0 unspecified atom stereocenters. The minimum Gasteiger partial charge on any atom is -0.489 e. The first-order valence-corrected chi connectivity index (χ1v) is 4.40. The van der Waals surface area contributed by atoms with Crippen LogP contribution < -0.4 is 10.3 Å². The smallest absolute Gasteiger partial charge is 0.358 e. The van der Waals surface area contributed by atoms with E-state index in [9.17, 15) is 9.59 Å². The highest BCUT2D eigenvalue weighted by Gasteiger charge is 2.19. The Morgan fingerprint density at radius 1 is 1.60 bits per heavy atom. The molecule has 82 valence electrons. The van der Waals surface area contributed by atoms with Crippen LogP contribution in [-0.4, -0.2) is 27.7 Å². The third kappa shape index (κ3) is 1.83. The number of methoxy groups -OCH3 is 1. The molecule has 15 heavy (non-hydrogen) atoms. The van der Waals surface area contributed by atoms with Gasteiger partial charge in [-0.3, -0.25) is 9.36 Å². The van der Waals surface area contributed by atoms with Gasteiger partial charge in [0, 0.05) is 13.5 Å². The van der Waals surface area contributed by atoms with E-state index in [2.05, 4.69) is 4.98 Å². The highest BCUT2D eigenvalue weighted by molar-refractivity contribution is 5.88. The molecule has 0 atom stereocenters. The number of carbonyl (C=O) groups is 1. The number of carboxylic acids is 1. The van der Waals surface area contributed by atoms with Gasteiger partial charge in [0.2, 0.25) is 5.75 Å². The van der Waals surface area contributed by atoms with Gasteiger partial charge in [0.1, 0.15) is 5.82 Å². The van der Waals surface area contributed by atoms with Crippen LogP contribution in [-0.2, 0) is 13.5 Å². The fourth-order valence-electron chi connectivity index (χ4n) is 1.27. The average Bonchev–Trinajstić information content (AvgIpc) is 2.21. The molecule has 6 nitrogen and oxygen atoms in total. The van der Waals surface area contributed by atoms with Crippen LogP contribution in [0.15, 0.2) is 4.79 Å². The Morgan fingerprint density at radius 2 is 2.20 bits per heavy atom. The second-order valence-electron chi connectivity index (χ2n) is 2.93. The number of carboxylic acid groups (broad SMARTS) is 1. The number of aryl methyl sites for hydroxylation is 1. The Balaban J connectivity index is 3.59. The SMILES string of the molecule is CCc1nc(C(=O)O)c(OC)c(=O)n1C. The number of ether oxygens (including phenoxy) is 1. The van der Waals surface area contributed by atoms with Gasteiger partial charge in [0.25, 0.3) is 5.56 Å². The van der Waals surface area contributed by atoms with Crippen LogP contribution >= 0.6 is 0 Å². The molecule has 0 saturated carbocycles. The quantitative estimate of drug-likeness (QED) is 0.765. The number of hydrogen-bond donors (Lipinski definition) is 1. The molecule has 0 aliphatic heterocycles. The lowest BCUT2D eigenvalue weighted by Gasteiger charge is -2.09. The van der Waals surface area contributed by atoms with Gasteiger partial charge in [0.05, 0.1) is 7.11 Å². The summed E-state index contributed by atoms with van der Waals surface area (Å²) in [4.78, 5) is 26.3. The Hall–Kier alpha value is -1.85. The largest absolute Gasteiger partial charge is 0.489 e. The van der Waals surface area contributed by atoms with Crippen molar-refractivity contribution in [2.75, 3.05) is 7.11 Å². The second-order valence-corrected chi connectivity index (χ2v) is 2.93. The molecule has 0 bridgehead atoms. The number of nitrogens with zero attached hydrogens (tertiary/aromatic N) is 2. The van der Waals surface area contributed by atoms with Crippen LogP contribution in [0.2, 0.25) is 0 Å². The van der Waals surface area contributed by atoms with Gasteiger partial charge in [-0.15, -0.1) is 0 Å². The summed E-state index contributed by atoms with van der Waals surface area (Å²) in [5.41, 5.74) is -0.820. The molecule has 1 N–H and O–H groups in total. The maximum atomic E-state index is 11.6. The minimum absolute atomic E-state index is 0.234. The summed E-state index contributed by atoms with van der Waals surface area (Å²) < 4.78 is 6.02. The average molecular weight is 212 g/mol. The standard InChI is InChI=1S/C9H12N2O4/c1-4-5-10-6(9(13)14)7(15-3)8(12)11(5)2/h4H2,1-3H3,(H,13,14). The Morgan fingerprint density at radius 3 is 2.60 bits per heavy atom. The summed E-state index contributed by atoms with van der Waals surface area (Å²) in [5, 5.41) is 8.84. The van der Waals surface area contributed by atoms with Crippen molar-refractivity contribution in [2.45, 2.75) is 13.3 Å². The van der Waals surface area contributed by atoms with E-state index in [1.165, 1.54) is 18.7 Å². The molecule has 1 rings (SSSR count). The summed E-state index contributed by atoms with van der Waals surface area (Å²) in [6, 6.07) is 0. The fraction of sp³-hybridized carbons (Fsp3) is 0.444. The van der Waals surface area contributed by atoms with E-state index < -0.39 is 11.5 Å². The van der Waals surface area contributed by atoms with Crippen molar-refractivity contribution in [3.63, 3.8) is 0 Å². The van der Waals surface area contributed by atoms with E-state index in [1.54, 1.807) is 6.92 Å². The van der Waals surface area contributed by atoms with E-state index in [0.29, 0.717) is 12.2 Å². The summed E-state index contributed by atoms with van der Waals surface area (Å²) in [5.74, 6) is -1.08. The maximum absolute atomic E-state index is 11.6. The van der Waals surface area contributed by atoms with E-state index >= 15 is 0 Å². The number of rotatable bonds is 3. The highest BCUT2D eigenvalue weighted by atomic mass is 16.5. The number of hydrogen-bond acceptors (Lipinski definition) is 4. The fourth-order valence-corrected chi connectivity index (χ4v) is 1.27. The first-order valence-electron chi connectivity index (χ1n) is 4.40. The topological polar surface area (TPSA) is 81.4 Å². The van der Waals surface area contributed by atoms with Crippen LogP contribution in [0.1, 0.15) is 23.2 Å². The molecule has 1 aromatic heterocycles. The van der Waals surface area contributed by atoms with E-state index in [1.807, 2.05) is 0 Å². The van der Waals surface area contributed by atoms with Crippen molar-refractivity contribution in [3.8, 4) is 5.75 Å². The van der Waals surface area contributed by atoms with Gasteiger partial charge in [-0.05, 0) is 0 Å². The highest BCUT2D eigenvalue weighted by Crippen LogP contribution is 2.10. The number of aromatic nitrogens is 2. The molecular weight excluding hydrogens is 200 g/mol. The van der Waals surface area contributed by atoms with Gasteiger partial charge in [-0.1, -0.05) is 6.92 Å². The van der Waals surface area contributed by atoms with Crippen molar-refractivity contribution < 1.29 is 14.6 Å². The monoisotopic (exact) mass is 212 g/mol. The van der Waals surface area contributed by atoms with Crippen molar-refractivity contribution in [3.05, 3.63) is 21.9 Å². The van der Waals surface area contributed by atoms with Crippen molar-refractivity contribution in [1.29, 1.82) is 0 Å². The van der Waals surface area contributed by atoms with Gasteiger partial charge in [-0.2, -0.15) is 0 Å². The van der Waals surface area contributed by atoms with Crippen LogP contribution in [0, 0.1) is 0 Å².